The minimum atomic E-state index is -0.233. The van der Waals surface area contributed by atoms with Gasteiger partial charge >= 0.3 is 0 Å². The summed E-state index contributed by atoms with van der Waals surface area (Å²) >= 11 is 0. The van der Waals surface area contributed by atoms with Crippen molar-refractivity contribution in [2.24, 2.45) is 5.92 Å². The highest BCUT2D eigenvalue weighted by Crippen LogP contribution is 2.26. The quantitative estimate of drug-likeness (QED) is 0.866. The SMILES string of the molecule is CC(C)COc1ccc(C(C(=O)N(C)C)N2CCNC(C)C2)cc1. The summed E-state index contributed by atoms with van der Waals surface area (Å²) in [4.78, 5) is 16.7. The first kappa shape index (κ1) is 18.7. The number of nitrogens with zero attached hydrogens (tertiary/aromatic N) is 2. The van der Waals surface area contributed by atoms with Crippen molar-refractivity contribution in [3.05, 3.63) is 29.8 Å². The van der Waals surface area contributed by atoms with Crippen LogP contribution >= 0.6 is 0 Å². The third-order valence-electron chi connectivity index (χ3n) is 4.22. The number of ether oxygens (including phenoxy) is 1. The average Bonchev–Trinajstić information content (AvgIpc) is 2.54. The van der Waals surface area contributed by atoms with E-state index in [1.807, 2.05) is 38.4 Å². The van der Waals surface area contributed by atoms with Gasteiger partial charge in [0.15, 0.2) is 0 Å². The zero-order chi connectivity index (χ0) is 17.7. The molecule has 1 fully saturated rings. The molecule has 2 atom stereocenters. The first-order valence-electron chi connectivity index (χ1n) is 8.80. The molecule has 0 radical (unpaired) electrons. The third kappa shape index (κ3) is 4.95. The Hall–Kier alpha value is -1.59. The van der Waals surface area contributed by atoms with E-state index in [2.05, 4.69) is 31.0 Å². The van der Waals surface area contributed by atoms with Crippen LogP contribution < -0.4 is 10.1 Å². The van der Waals surface area contributed by atoms with Crippen molar-refractivity contribution in [3.63, 3.8) is 0 Å². The van der Waals surface area contributed by atoms with Crippen LogP contribution in [0, 0.1) is 5.92 Å². The van der Waals surface area contributed by atoms with Gasteiger partial charge in [0.1, 0.15) is 11.8 Å². The number of nitrogens with one attached hydrogen (secondary N) is 1. The van der Waals surface area contributed by atoms with Gasteiger partial charge in [-0.15, -0.1) is 0 Å². The van der Waals surface area contributed by atoms with Gasteiger partial charge in [-0.25, -0.2) is 0 Å². The van der Waals surface area contributed by atoms with Gasteiger partial charge in [-0.2, -0.15) is 0 Å². The molecule has 134 valence electrons. The monoisotopic (exact) mass is 333 g/mol. The summed E-state index contributed by atoms with van der Waals surface area (Å²) in [6, 6.07) is 8.15. The molecule has 1 aliphatic rings. The van der Waals surface area contributed by atoms with Crippen LogP contribution in [0.1, 0.15) is 32.4 Å². The van der Waals surface area contributed by atoms with Gasteiger partial charge in [0, 0.05) is 39.8 Å². The lowest BCUT2D eigenvalue weighted by molar-refractivity contribution is -0.135. The highest BCUT2D eigenvalue weighted by molar-refractivity contribution is 5.83. The van der Waals surface area contributed by atoms with Crippen LogP contribution in [0.2, 0.25) is 0 Å². The Morgan fingerprint density at radius 3 is 2.54 bits per heavy atom. The molecule has 24 heavy (non-hydrogen) atoms. The van der Waals surface area contributed by atoms with E-state index in [1.54, 1.807) is 4.90 Å². The van der Waals surface area contributed by atoms with Crippen LogP contribution in [-0.4, -0.2) is 62.1 Å². The summed E-state index contributed by atoms with van der Waals surface area (Å²) in [5, 5.41) is 3.44. The minimum Gasteiger partial charge on any atom is -0.493 e. The van der Waals surface area contributed by atoms with Crippen molar-refractivity contribution in [2.75, 3.05) is 40.3 Å². The van der Waals surface area contributed by atoms with E-state index < -0.39 is 0 Å². The van der Waals surface area contributed by atoms with Crippen LogP contribution in [0.4, 0.5) is 0 Å². The van der Waals surface area contributed by atoms with Crippen LogP contribution in [0.15, 0.2) is 24.3 Å². The molecule has 0 spiro atoms. The molecule has 2 rings (SSSR count). The summed E-state index contributed by atoms with van der Waals surface area (Å²) in [6.45, 7) is 9.78. The molecule has 0 bridgehead atoms. The van der Waals surface area contributed by atoms with Crippen LogP contribution in [-0.2, 0) is 4.79 Å². The largest absolute Gasteiger partial charge is 0.493 e. The van der Waals surface area contributed by atoms with Crippen molar-refractivity contribution >= 4 is 5.91 Å². The maximum Gasteiger partial charge on any atom is 0.244 e. The molecular weight excluding hydrogens is 302 g/mol. The highest BCUT2D eigenvalue weighted by Gasteiger charge is 2.31. The highest BCUT2D eigenvalue weighted by atomic mass is 16.5. The molecule has 1 aromatic rings. The molecule has 1 aliphatic heterocycles. The fourth-order valence-electron chi connectivity index (χ4n) is 2.96. The first-order valence-corrected chi connectivity index (χ1v) is 8.80. The number of hydrogen-bond acceptors (Lipinski definition) is 4. The summed E-state index contributed by atoms with van der Waals surface area (Å²) in [6.07, 6.45) is 0. The lowest BCUT2D eigenvalue weighted by Crippen LogP contribution is -2.53. The van der Waals surface area contributed by atoms with Crippen molar-refractivity contribution in [2.45, 2.75) is 32.9 Å². The number of likely N-dealkylation sites (N-methyl/N-ethyl adjacent to an activating group) is 1. The van der Waals surface area contributed by atoms with Crippen LogP contribution in [0.5, 0.6) is 5.75 Å². The Bertz CT molecular complexity index is 528. The van der Waals surface area contributed by atoms with Gasteiger partial charge in [0.05, 0.1) is 6.61 Å². The van der Waals surface area contributed by atoms with Crippen LogP contribution in [0.3, 0.4) is 0 Å². The zero-order valence-electron chi connectivity index (χ0n) is 15.6. The standard InChI is InChI=1S/C19H31N3O2/c1-14(2)13-24-17-8-6-16(7-9-17)18(19(23)21(4)5)22-11-10-20-15(3)12-22/h6-9,14-15,18,20H,10-13H2,1-5H3. The van der Waals surface area contributed by atoms with Crippen molar-refractivity contribution in [1.29, 1.82) is 0 Å². The van der Waals surface area contributed by atoms with Gasteiger partial charge in [-0.1, -0.05) is 26.0 Å². The van der Waals surface area contributed by atoms with Gasteiger partial charge in [0.25, 0.3) is 0 Å². The molecule has 0 aliphatic carbocycles. The maximum absolute atomic E-state index is 12.8. The van der Waals surface area contributed by atoms with E-state index in [4.69, 9.17) is 4.74 Å². The molecule has 1 amide bonds. The summed E-state index contributed by atoms with van der Waals surface area (Å²) in [7, 11) is 3.64. The Balaban J connectivity index is 2.18. The molecule has 1 aromatic carbocycles. The predicted molar refractivity (Wildman–Crippen MR) is 97.2 cm³/mol. The number of piperazine rings is 1. The number of carbonyl (C=O) groups is 1. The number of benzene rings is 1. The normalized spacial score (nSPS) is 20.0. The number of hydrogen-bond donors (Lipinski definition) is 1. The first-order chi connectivity index (χ1) is 11.4. The number of carbonyl (C=O) groups excluding carboxylic acids is 1. The Labute approximate surface area is 146 Å². The lowest BCUT2D eigenvalue weighted by Gasteiger charge is -2.38. The van der Waals surface area contributed by atoms with Crippen molar-refractivity contribution < 1.29 is 9.53 Å². The Morgan fingerprint density at radius 2 is 2.00 bits per heavy atom. The molecule has 2 unspecified atom stereocenters. The summed E-state index contributed by atoms with van der Waals surface area (Å²) in [5.41, 5.74) is 1.03. The predicted octanol–water partition coefficient (Wildman–Crippen LogP) is 2.14. The van der Waals surface area contributed by atoms with E-state index in [9.17, 15) is 4.79 Å². The molecule has 5 heteroatoms. The summed E-state index contributed by atoms with van der Waals surface area (Å²) in [5.74, 6) is 1.48. The second-order valence-corrected chi connectivity index (χ2v) is 7.26. The number of amides is 1. The number of rotatable bonds is 6. The van der Waals surface area contributed by atoms with Gasteiger partial charge in [-0.3, -0.25) is 9.69 Å². The van der Waals surface area contributed by atoms with E-state index in [-0.39, 0.29) is 11.9 Å². The van der Waals surface area contributed by atoms with Gasteiger partial charge in [-0.05, 0) is 30.5 Å². The molecular formula is C19H31N3O2. The molecule has 1 saturated heterocycles. The minimum absolute atomic E-state index is 0.125. The van der Waals surface area contributed by atoms with E-state index in [0.717, 1.165) is 30.9 Å². The fraction of sp³-hybridized carbons (Fsp3) is 0.632. The van der Waals surface area contributed by atoms with E-state index >= 15 is 0 Å². The second kappa shape index (κ2) is 8.49. The van der Waals surface area contributed by atoms with Gasteiger partial charge in [0.2, 0.25) is 5.91 Å². The summed E-state index contributed by atoms with van der Waals surface area (Å²) < 4.78 is 5.75. The molecule has 1 heterocycles. The molecule has 0 aromatic heterocycles. The second-order valence-electron chi connectivity index (χ2n) is 7.26. The van der Waals surface area contributed by atoms with Crippen molar-refractivity contribution in [1.82, 2.24) is 15.1 Å². The zero-order valence-corrected chi connectivity index (χ0v) is 15.6. The smallest absolute Gasteiger partial charge is 0.244 e. The molecule has 0 saturated carbocycles. The lowest BCUT2D eigenvalue weighted by atomic mass is 10.0. The van der Waals surface area contributed by atoms with Crippen molar-refractivity contribution in [3.8, 4) is 5.75 Å². The molecule has 1 N–H and O–H groups in total. The Kier molecular flexibility index (Phi) is 6.63. The topological polar surface area (TPSA) is 44.8 Å². The van der Waals surface area contributed by atoms with Crippen LogP contribution in [0.25, 0.3) is 0 Å². The average molecular weight is 333 g/mol. The van der Waals surface area contributed by atoms with E-state index in [1.165, 1.54) is 0 Å². The van der Waals surface area contributed by atoms with Gasteiger partial charge < -0.3 is 15.0 Å². The maximum atomic E-state index is 12.8. The fourth-order valence-corrected chi connectivity index (χ4v) is 2.96. The Morgan fingerprint density at radius 1 is 1.33 bits per heavy atom. The molecule has 5 nitrogen and oxygen atoms in total. The third-order valence-corrected chi connectivity index (χ3v) is 4.22. The van der Waals surface area contributed by atoms with E-state index in [0.29, 0.717) is 18.6 Å².